The highest BCUT2D eigenvalue weighted by molar-refractivity contribution is 4.90. The van der Waals surface area contributed by atoms with Crippen LogP contribution in [0.5, 0.6) is 0 Å². The van der Waals surface area contributed by atoms with E-state index in [1.807, 2.05) is 0 Å². The summed E-state index contributed by atoms with van der Waals surface area (Å²) in [5.41, 5.74) is 0. The van der Waals surface area contributed by atoms with Crippen LogP contribution in [-0.4, -0.2) is 6.18 Å². The zero-order valence-corrected chi connectivity index (χ0v) is 14.6. The summed E-state index contributed by atoms with van der Waals surface area (Å²) in [5.74, 6) is 2.61. The molecule has 2 unspecified atom stereocenters. The Morgan fingerprint density at radius 3 is 1.83 bits per heavy atom. The van der Waals surface area contributed by atoms with Gasteiger partial charge < -0.3 is 0 Å². The zero-order chi connectivity index (χ0) is 16.4. The van der Waals surface area contributed by atoms with E-state index in [0.29, 0.717) is 24.7 Å². The van der Waals surface area contributed by atoms with Crippen LogP contribution in [0.15, 0.2) is 0 Å². The van der Waals surface area contributed by atoms with Gasteiger partial charge in [-0.15, -0.1) is 0 Å². The molecule has 3 heteroatoms. The third kappa shape index (κ3) is 4.25. The first-order valence-electron chi connectivity index (χ1n) is 10.0. The summed E-state index contributed by atoms with van der Waals surface area (Å²) < 4.78 is 38.9. The van der Waals surface area contributed by atoms with Crippen molar-refractivity contribution in [1.82, 2.24) is 0 Å². The molecule has 23 heavy (non-hydrogen) atoms. The molecule has 0 saturated heterocycles. The molecule has 0 aliphatic heterocycles. The van der Waals surface area contributed by atoms with E-state index in [-0.39, 0.29) is 0 Å². The van der Waals surface area contributed by atoms with Crippen LogP contribution in [-0.2, 0) is 0 Å². The highest BCUT2D eigenvalue weighted by Gasteiger charge is 2.46. The lowest BCUT2D eigenvalue weighted by Crippen LogP contribution is -2.38. The zero-order valence-electron chi connectivity index (χ0n) is 14.6. The fourth-order valence-corrected chi connectivity index (χ4v) is 6.01. The largest absolute Gasteiger partial charge is 0.391 e. The molecule has 0 radical (unpaired) electrons. The Balaban J connectivity index is 1.48. The molecule has 0 aromatic carbocycles. The van der Waals surface area contributed by atoms with E-state index in [2.05, 4.69) is 6.92 Å². The minimum Gasteiger partial charge on any atom is -0.171 e. The van der Waals surface area contributed by atoms with Gasteiger partial charge in [-0.25, -0.2) is 0 Å². The van der Waals surface area contributed by atoms with Crippen molar-refractivity contribution in [3.63, 3.8) is 0 Å². The number of hydrogen-bond donors (Lipinski definition) is 0. The lowest BCUT2D eigenvalue weighted by molar-refractivity contribution is -0.191. The van der Waals surface area contributed by atoms with Crippen LogP contribution in [0.4, 0.5) is 13.2 Å². The predicted octanol–water partition coefficient (Wildman–Crippen LogP) is 6.99. The summed E-state index contributed by atoms with van der Waals surface area (Å²) in [6.45, 7) is 2.28. The van der Waals surface area contributed by atoms with Gasteiger partial charge >= 0.3 is 6.18 Å². The van der Waals surface area contributed by atoms with Gasteiger partial charge in [0, 0.05) is 0 Å². The third-order valence-electron chi connectivity index (χ3n) is 7.37. The second-order valence-electron chi connectivity index (χ2n) is 8.71. The first kappa shape index (κ1) is 17.6. The summed E-state index contributed by atoms with van der Waals surface area (Å²) in [4.78, 5) is 0. The second-order valence-corrected chi connectivity index (χ2v) is 8.71. The topological polar surface area (TPSA) is 0 Å². The lowest BCUT2D eigenvalue weighted by Gasteiger charge is -2.45. The van der Waals surface area contributed by atoms with Crippen molar-refractivity contribution in [3.8, 4) is 0 Å². The molecule has 0 nitrogen and oxygen atoms in total. The SMILES string of the molecule is CCCC1CCC(C2CCC3C[C@H](C(F)(F)F)CC[C@@H]3C2)CC1. The minimum atomic E-state index is -3.96. The van der Waals surface area contributed by atoms with Gasteiger partial charge in [-0.3, -0.25) is 0 Å². The standard InChI is InChI=1S/C20H33F3/c1-2-3-14-4-6-15(7-5-14)16-8-9-18-13-19(20(21,22)23)11-10-17(18)12-16/h14-19H,2-13H2,1H3/t14?,15?,16?,17-,18?,19-/m1/s1. The van der Waals surface area contributed by atoms with E-state index in [0.717, 1.165) is 30.6 Å². The average Bonchev–Trinajstić information content (AvgIpc) is 2.54. The maximum absolute atomic E-state index is 13.0. The molecule has 0 spiro atoms. The van der Waals surface area contributed by atoms with E-state index in [9.17, 15) is 13.2 Å². The van der Waals surface area contributed by atoms with Crippen molar-refractivity contribution in [3.05, 3.63) is 0 Å². The van der Waals surface area contributed by atoms with E-state index in [1.54, 1.807) is 0 Å². The molecular formula is C20H33F3. The van der Waals surface area contributed by atoms with Crippen molar-refractivity contribution in [2.75, 3.05) is 0 Å². The van der Waals surface area contributed by atoms with E-state index in [4.69, 9.17) is 0 Å². The highest BCUT2D eigenvalue weighted by Crippen LogP contribution is 2.51. The second kappa shape index (κ2) is 7.35. The predicted molar refractivity (Wildman–Crippen MR) is 88.1 cm³/mol. The van der Waals surface area contributed by atoms with Crippen molar-refractivity contribution >= 4 is 0 Å². The van der Waals surface area contributed by atoms with Gasteiger partial charge in [-0.05, 0) is 81.0 Å². The first-order valence-corrected chi connectivity index (χ1v) is 10.0. The quantitative estimate of drug-likeness (QED) is 0.523. The molecule has 0 bridgehead atoms. The number of halogens is 3. The van der Waals surface area contributed by atoms with Crippen LogP contribution in [0.3, 0.4) is 0 Å². The fraction of sp³-hybridized carbons (Fsp3) is 1.00. The Hall–Kier alpha value is -0.210. The maximum Gasteiger partial charge on any atom is 0.391 e. The van der Waals surface area contributed by atoms with E-state index in [1.165, 1.54) is 51.4 Å². The smallest absolute Gasteiger partial charge is 0.171 e. The van der Waals surface area contributed by atoms with Crippen molar-refractivity contribution in [1.29, 1.82) is 0 Å². The van der Waals surface area contributed by atoms with Crippen molar-refractivity contribution in [2.45, 2.75) is 90.1 Å². The summed E-state index contributed by atoms with van der Waals surface area (Å²) in [6, 6.07) is 0. The van der Waals surface area contributed by atoms with Gasteiger partial charge in [0.15, 0.2) is 0 Å². The van der Waals surface area contributed by atoms with Crippen LogP contribution >= 0.6 is 0 Å². The molecule has 3 aliphatic carbocycles. The molecule has 3 aliphatic rings. The van der Waals surface area contributed by atoms with E-state index < -0.39 is 12.1 Å². The van der Waals surface area contributed by atoms with Crippen LogP contribution < -0.4 is 0 Å². The number of hydrogen-bond acceptors (Lipinski definition) is 0. The third-order valence-corrected chi connectivity index (χ3v) is 7.37. The number of rotatable bonds is 3. The molecule has 0 heterocycles. The Morgan fingerprint density at radius 2 is 1.22 bits per heavy atom. The van der Waals surface area contributed by atoms with Gasteiger partial charge in [0.25, 0.3) is 0 Å². The summed E-state index contributed by atoms with van der Waals surface area (Å²) in [7, 11) is 0. The van der Waals surface area contributed by atoms with Gasteiger partial charge in [0.05, 0.1) is 5.92 Å². The van der Waals surface area contributed by atoms with Gasteiger partial charge in [0.1, 0.15) is 0 Å². The molecule has 3 rings (SSSR count). The fourth-order valence-electron chi connectivity index (χ4n) is 6.01. The maximum atomic E-state index is 13.0. The van der Waals surface area contributed by atoms with Crippen LogP contribution in [0.2, 0.25) is 0 Å². The number of alkyl halides is 3. The molecule has 0 amide bonds. The molecule has 0 aromatic rings. The lowest BCUT2D eigenvalue weighted by atomic mass is 9.61. The van der Waals surface area contributed by atoms with Gasteiger partial charge in [-0.2, -0.15) is 13.2 Å². The summed E-state index contributed by atoms with van der Waals surface area (Å²) in [5, 5.41) is 0. The molecule has 4 atom stereocenters. The monoisotopic (exact) mass is 330 g/mol. The molecule has 134 valence electrons. The van der Waals surface area contributed by atoms with Gasteiger partial charge in [-0.1, -0.05) is 32.6 Å². The van der Waals surface area contributed by atoms with Crippen LogP contribution in [0, 0.1) is 35.5 Å². The molecular weight excluding hydrogens is 297 g/mol. The van der Waals surface area contributed by atoms with Crippen LogP contribution in [0.25, 0.3) is 0 Å². The molecule has 0 N–H and O–H groups in total. The summed E-state index contributed by atoms with van der Waals surface area (Å²) in [6.07, 6.45) is 9.46. The molecule has 0 aromatic heterocycles. The Morgan fingerprint density at radius 1 is 0.696 bits per heavy atom. The highest BCUT2D eigenvalue weighted by atomic mass is 19.4. The van der Waals surface area contributed by atoms with Crippen molar-refractivity contribution < 1.29 is 13.2 Å². The summed E-state index contributed by atoms with van der Waals surface area (Å²) >= 11 is 0. The Labute approximate surface area is 139 Å². The van der Waals surface area contributed by atoms with Crippen LogP contribution in [0.1, 0.15) is 84.0 Å². The Kier molecular flexibility index (Phi) is 5.63. The molecule has 3 saturated carbocycles. The number of fused-ring (bicyclic) bond motifs is 1. The normalized spacial score (nSPS) is 42.3. The molecule has 3 fully saturated rings. The minimum absolute atomic E-state index is 0.364. The average molecular weight is 330 g/mol. The van der Waals surface area contributed by atoms with Gasteiger partial charge in [0.2, 0.25) is 0 Å². The van der Waals surface area contributed by atoms with Crippen molar-refractivity contribution in [2.24, 2.45) is 35.5 Å². The van der Waals surface area contributed by atoms with E-state index >= 15 is 0 Å². The first-order chi connectivity index (χ1) is 11.0. The Bertz CT molecular complexity index is 368.